The molecule has 0 bridgehead atoms. The molecule has 0 aromatic carbocycles. The Hall–Kier alpha value is -1.84. The first-order valence-corrected chi connectivity index (χ1v) is 5.42. The average molecular weight is 217 g/mol. The van der Waals surface area contributed by atoms with Gasteiger partial charge >= 0.3 is 0 Å². The molecule has 2 aromatic heterocycles. The molecule has 0 saturated heterocycles. The second kappa shape index (κ2) is 4.79. The maximum atomic E-state index is 9.32. The molecule has 0 radical (unpaired) electrons. The molecule has 16 heavy (non-hydrogen) atoms. The molecule has 0 atom stereocenters. The van der Waals surface area contributed by atoms with E-state index in [1.807, 2.05) is 6.20 Å². The highest BCUT2D eigenvalue weighted by Gasteiger charge is 2.04. The average Bonchev–Trinajstić information content (AvgIpc) is 2.66. The van der Waals surface area contributed by atoms with Crippen molar-refractivity contribution in [3.8, 4) is 5.75 Å². The summed E-state index contributed by atoms with van der Waals surface area (Å²) in [6.07, 6.45) is 8.76. The highest BCUT2D eigenvalue weighted by atomic mass is 16.3. The fraction of sp³-hybridized carbons (Fsp3) is 0.333. The Morgan fingerprint density at radius 1 is 1.38 bits per heavy atom. The van der Waals surface area contributed by atoms with E-state index in [2.05, 4.69) is 21.5 Å². The number of nitrogens with zero attached hydrogens (tertiary/aromatic N) is 3. The molecule has 1 N–H and O–H groups in total. The standard InChI is InChI=1S/C12H15N3O/c1-2-4-15-5-3-14-12(15)7-10-6-11(16)9-13-8-10/h3,5-6,8-9,16H,2,4,7H2,1H3. The smallest absolute Gasteiger partial charge is 0.134 e. The molecule has 0 aliphatic rings. The first-order valence-electron chi connectivity index (χ1n) is 5.42. The molecule has 0 aliphatic carbocycles. The first-order chi connectivity index (χ1) is 7.79. The summed E-state index contributed by atoms with van der Waals surface area (Å²) in [7, 11) is 0. The molecule has 0 aliphatic heterocycles. The summed E-state index contributed by atoms with van der Waals surface area (Å²) in [5.41, 5.74) is 0.976. The lowest BCUT2D eigenvalue weighted by Gasteiger charge is -2.06. The van der Waals surface area contributed by atoms with Crippen LogP contribution in [-0.2, 0) is 13.0 Å². The van der Waals surface area contributed by atoms with Crippen LogP contribution in [0.4, 0.5) is 0 Å². The van der Waals surface area contributed by atoms with E-state index in [1.165, 1.54) is 6.20 Å². The minimum atomic E-state index is 0.200. The van der Waals surface area contributed by atoms with Gasteiger partial charge in [0, 0.05) is 31.6 Å². The quantitative estimate of drug-likeness (QED) is 0.852. The lowest BCUT2D eigenvalue weighted by Crippen LogP contribution is -2.03. The maximum absolute atomic E-state index is 9.32. The van der Waals surface area contributed by atoms with Crippen molar-refractivity contribution in [2.45, 2.75) is 26.3 Å². The van der Waals surface area contributed by atoms with Gasteiger partial charge in [-0.25, -0.2) is 4.98 Å². The molecule has 84 valence electrons. The third kappa shape index (κ3) is 2.39. The number of aryl methyl sites for hydroxylation is 1. The van der Waals surface area contributed by atoms with Crippen molar-refractivity contribution in [1.29, 1.82) is 0 Å². The number of pyridine rings is 1. The number of hydrogen-bond donors (Lipinski definition) is 1. The molecule has 2 aromatic rings. The topological polar surface area (TPSA) is 50.9 Å². The molecule has 2 heterocycles. The lowest BCUT2D eigenvalue weighted by atomic mass is 10.2. The Bertz CT molecular complexity index is 465. The van der Waals surface area contributed by atoms with E-state index in [4.69, 9.17) is 0 Å². The van der Waals surface area contributed by atoms with Gasteiger partial charge in [-0.1, -0.05) is 6.92 Å². The summed E-state index contributed by atoms with van der Waals surface area (Å²) in [6.45, 7) is 3.11. The molecular weight excluding hydrogens is 202 g/mol. The second-order valence-corrected chi connectivity index (χ2v) is 3.77. The van der Waals surface area contributed by atoms with Crippen molar-refractivity contribution in [2.75, 3.05) is 0 Å². The first kappa shape index (κ1) is 10.7. The fourth-order valence-corrected chi connectivity index (χ4v) is 1.70. The van der Waals surface area contributed by atoms with Gasteiger partial charge in [-0.15, -0.1) is 0 Å². The van der Waals surface area contributed by atoms with Crippen molar-refractivity contribution >= 4 is 0 Å². The molecular formula is C12H15N3O. The van der Waals surface area contributed by atoms with Crippen molar-refractivity contribution in [3.63, 3.8) is 0 Å². The predicted octanol–water partition coefficient (Wildman–Crippen LogP) is 1.98. The van der Waals surface area contributed by atoms with E-state index in [0.717, 1.165) is 24.4 Å². The Balaban J connectivity index is 2.17. The van der Waals surface area contributed by atoms with E-state index >= 15 is 0 Å². The van der Waals surface area contributed by atoms with Gasteiger partial charge in [0.05, 0.1) is 6.20 Å². The number of aromatic nitrogens is 3. The van der Waals surface area contributed by atoms with Gasteiger partial charge in [0.1, 0.15) is 11.6 Å². The molecule has 4 heteroatoms. The third-order valence-corrected chi connectivity index (χ3v) is 2.41. The van der Waals surface area contributed by atoms with Crippen LogP contribution in [0.2, 0.25) is 0 Å². The maximum Gasteiger partial charge on any atom is 0.134 e. The van der Waals surface area contributed by atoms with Crippen molar-refractivity contribution in [3.05, 3.63) is 42.2 Å². The minimum absolute atomic E-state index is 0.200. The lowest BCUT2D eigenvalue weighted by molar-refractivity contribution is 0.472. The molecule has 0 unspecified atom stereocenters. The van der Waals surface area contributed by atoms with Crippen LogP contribution in [0.25, 0.3) is 0 Å². The minimum Gasteiger partial charge on any atom is -0.506 e. The van der Waals surface area contributed by atoms with Gasteiger partial charge in [-0.05, 0) is 18.1 Å². The molecule has 0 fully saturated rings. The predicted molar refractivity (Wildman–Crippen MR) is 61.2 cm³/mol. The van der Waals surface area contributed by atoms with Crippen LogP contribution in [0.1, 0.15) is 24.7 Å². The molecule has 4 nitrogen and oxygen atoms in total. The summed E-state index contributed by atoms with van der Waals surface area (Å²) in [6, 6.07) is 1.72. The van der Waals surface area contributed by atoms with Gasteiger partial charge in [-0.2, -0.15) is 0 Å². The highest BCUT2D eigenvalue weighted by molar-refractivity contribution is 5.24. The van der Waals surface area contributed by atoms with Crippen LogP contribution in [0, 0.1) is 0 Å². The molecule has 0 amide bonds. The number of hydrogen-bond acceptors (Lipinski definition) is 3. The van der Waals surface area contributed by atoms with Crippen LogP contribution < -0.4 is 0 Å². The van der Waals surface area contributed by atoms with E-state index in [0.29, 0.717) is 6.42 Å². The van der Waals surface area contributed by atoms with Crippen LogP contribution >= 0.6 is 0 Å². The summed E-state index contributed by atoms with van der Waals surface area (Å²) >= 11 is 0. The zero-order valence-corrected chi connectivity index (χ0v) is 9.30. The van der Waals surface area contributed by atoms with Crippen molar-refractivity contribution in [1.82, 2.24) is 14.5 Å². The van der Waals surface area contributed by atoms with Gasteiger partial charge < -0.3 is 9.67 Å². The Kier molecular flexibility index (Phi) is 3.19. The summed E-state index contributed by atoms with van der Waals surface area (Å²) in [5, 5.41) is 9.32. The van der Waals surface area contributed by atoms with E-state index < -0.39 is 0 Å². The number of imidazole rings is 1. The van der Waals surface area contributed by atoms with Gasteiger partial charge in [0.2, 0.25) is 0 Å². The van der Waals surface area contributed by atoms with Crippen LogP contribution in [0.15, 0.2) is 30.9 Å². The van der Waals surface area contributed by atoms with Gasteiger partial charge in [0.15, 0.2) is 0 Å². The normalized spacial score (nSPS) is 10.6. The van der Waals surface area contributed by atoms with Gasteiger partial charge in [-0.3, -0.25) is 4.98 Å². The molecule has 0 spiro atoms. The summed E-state index contributed by atoms with van der Waals surface area (Å²) in [5.74, 6) is 1.21. The van der Waals surface area contributed by atoms with Crippen LogP contribution in [-0.4, -0.2) is 19.6 Å². The SMILES string of the molecule is CCCn1ccnc1Cc1cncc(O)c1. The Morgan fingerprint density at radius 2 is 2.25 bits per heavy atom. The number of aromatic hydroxyl groups is 1. The highest BCUT2D eigenvalue weighted by Crippen LogP contribution is 2.12. The van der Waals surface area contributed by atoms with E-state index in [-0.39, 0.29) is 5.75 Å². The summed E-state index contributed by atoms with van der Waals surface area (Å²) < 4.78 is 2.13. The fourth-order valence-electron chi connectivity index (χ4n) is 1.70. The molecule has 2 rings (SSSR count). The zero-order valence-electron chi connectivity index (χ0n) is 9.30. The third-order valence-electron chi connectivity index (χ3n) is 2.41. The van der Waals surface area contributed by atoms with E-state index in [1.54, 1.807) is 18.5 Å². The summed E-state index contributed by atoms with van der Waals surface area (Å²) in [4.78, 5) is 8.27. The Labute approximate surface area is 94.6 Å². The molecule has 0 saturated carbocycles. The van der Waals surface area contributed by atoms with E-state index in [9.17, 15) is 5.11 Å². The second-order valence-electron chi connectivity index (χ2n) is 3.77. The monoisotopic (exact) mass is 217 g/mol. The van der Waals surface area contributed by atoms with Crippen molar-refractivity contribution in [2.24, 2.45) is 0 Å². The zero-order chi connectivity index (χ0) is 11.4. The van der Waals surface area contributed by atoms with Crippen molar-refractivity contribution < 1.29 is 5.11 Å². The van der Waals surface area contributed by atoms with Crippen LogP contribution in [0.3, 0.4) is 0 Å². The van der Waals surface area contributed by atoms with Crippen LogP contribution in [0.5, 0.6) is 5.75 Å². The largest absolute Gasteiger partial charge is 0.506 e. The van der Waals surface area contributed by atoms with Gasteiger partial charge in [0.25, 0.3) is 0 Å². The Morgan fingerprint density at radius 3 is 3.00 bits per heavy atom. The number of rotatable bonds is 4.